The van der Waals surface area contributed by atoms with E-state index in [0.29, 0.717) is 18.7 Å². The second-order valence-electron chi connectivity index (χ2n) is 10.0. The van der Waals surface area contributed by atoms with Gasteiger partial charge in [0, 0.05) is 24.7 Å². The molecule has 2 atom stereocenters. The second kappa shape index (κ2) is 10.2. The normalized spacial score (nSPS) is 17.9. The third-order valence-corrected chi connectivity index (χ3v) is 5.92. The van der Waals surface area contributed by atoms with E-state index in [0.717, 1.165) is 22.7 Å². The van der Waals surface area contributed by atoms with Crippen LogP contribution >= 0.6 is 0 Å². The van der Waals surface area contributed by atoms with E-state index in [-0.39, 0.29) is 23.8 Å². The number of aromatic nitrogens is 3. The minimum atomic E-state index is -0.824. The van der Waals surface area contributed by atoms with Crippen molar-refractivity contribution in [1.82, 2.24) is 20.1 Å². The Balaban J connectivity index is 1.60. The fraction of sp³-hybridized carbons (Fsp3) is 0.440. The monoisotopic (exact) mass is 513 g/mol. The standard InChI is InChI=1S/C25H32FN7O4/c1-13-15-10-14(6-7-20(15)33(5)32-13)28-22-16(21(27)34)11-17(26)23(31-22)29-18-8-9-36-12-19(18)30-24(35)37-25(2,3)4/h6-7,10-11,18-19H,8-9,12H2,1-5H3,(H2,27,34)(H,30,35)(H2,28,29,31)/t18-,19+/m1/s1. The lowest BCUT2D eigenvalue weighted by atomic mass is 10.0. The highest BCUT2D eigenvalue weighted by molar-refractivity contribution is 5.99. The molecule has 1 fully saturated rings. The molecule has 0 bridgehead atoms. The van der Waals surface area contributed by atoms with Crippen molar-refractivity contribution in [3.05, 3.63) is 41.3 Å². The van der Waals surface area contributed by atoms with Crippen molar-refractivity contribution in [3.8, 4) is 0 Å². The molecule has 4 rings (SSSR count). The first-order valence-corrected chi connectivity index (χ1v) is 12.0. The van der Waals surface area contributed by atoms with E-state index < -0.39 is 35.5 Å². The average molecular weight is 514 g/mol. The summed E-state index contributed by atoms with van der Waals surface area (Å²) in [5.74, 6) is -1.56. The number of carbonyl (C=O) groups excluding carboxylic acids is 2. The van der Waals surface area contributed by atoms with Gasteiger partial charge >= 0.3 is 6.09 Å². The van der Waals surface area contributed by atoms with E-state index in [1.54, 1.807) is 25.5 Å². The van der Waals surface area contributed by atoms with Gasteiger partial charge in [-0.1, -0.05) is 0 Å². The molecule has 2 amide bonds. The molecule has 5 N–H and O–H groups in total. The highest BCUT2D eigenvalue weighted by atomic mass is 19.1. The smallest absolute Gasteiger partial charge is 0.408 e. The quantitative estimate of drug-likeness (QED) is 0.393. The molecular formula is C25H32FN7O4. The van der Waals surface area contributed by atoms with E-state index in [4.69, 9.17) is 15.2 Å². The second-order valence-corrected chi connectivity index (χ2v) is 10.0. The van der Waals surface area contributed by atoms with Crippen molar-refractivity contribution >= 4 is 40.2 Å². The number of nitrogens with one attached hydrogen (secondary N) is 3. The van der Waals surface area contributed by atoms with Crippen LogP contribution in [-0.2, 0) is 16.5 Å². The molecule has 2 aromatic heterocycles. The number of hydrogen-bond donors (Lipinski definition) is 4. The zero-order valence-corrected chi connectivity index (χ0v) is 21.5. The summed E-state index contributed by atoms with van der Waals surface area (Å²) in [6.07, 6.45) is -0.116. The van der Waals surface area contributed by atoms with Gasteiger partial charge in [-0.05, 0) is 58.4 Å². The summed E-state index contributed by atoms with van der Waals surface area (Å²) in [5.41, 5.74) is 7.17. The number of nitrogens with two attached hydrogens (primary N) is 1. The molecule has 0 spiro atoms. The van der Waals surface area contributed by atoms with Crippen LogP contribution in [0.2, 0.25) is 0 Å². The zero-order valence-electron chi connectivity index (χ0n) is 21.5. The zero-order chi connectivity index (χ0) is 26.9. The summed E-state index contributed by atoms with van der Waals surface area (Å²) < 4.78 is 27.7. The van der Waals surface area contributed by atoms with Crippen LogP contribution in [0.3, 0.4) is 0 Å². The number of amides is 2. The molecule has 3 aromatic rings. The molecule has 0 aliphatic carbocycles. The van der Waals surface area contributed by atoms with Gasteiger partial charge < -0.3 is 31.2 Å². The number of ether oxygens (including phenoxy) is 2. The number of carbonyl (C=O) groups is 2. The maximum Gasteiger partial charge on any atom is 0.408 e. The third-order valence-electron chi connectivity index (χ3n) is 5.92. The molecule has 37 heavy (non-hydrogen) atoms. The number of fused-ring (bicyclic) bond motifs is 1. The molecule has 1 aliphatic heterocycles. The minimum absolute atomic E-state index is 0.0889. The molecule has 0 unspecified atom stereocenters. The van der Waals surface area contributed by atoms with Crippen molar-refractivity contribution in [3.63, 3.8) is 0 Å². The summed E-state index contributed by atoms with van der Waals surface area (Å²) in [4.78, 5) is 28.8. The molecule has 0 saturated carbocycles. The number of halogens is 1. The fourth-order valence-corrected chi connectivity index (χ4v) is 4.22. The minimum Gasteiger partial charge on any atom is -0.444 e. The van der Waals surface area contributed by atoms with Gasteiger partial charge in [-0.15, -0.1) is 0 Å². The summed E-state index contributed by atoms with van der Waals surface area (Å²) in [7, 11) is 1.86. The Kier molecular flexibility index (Phi) is 7.21. The number of benzene rings is 1. The first kappa shape index (κ1) is 26.1. The van der Waals surface area contributed by atoms with E-state index in [2.05, 4.69) is 26.0 Å². The maximum absolute atomic E-state index is 15.0. The van der Waals surface area contributed by atoms with Crippen molar-refractivity contribution in [1.29, 1.82) is 0 Å². The number of primary amides is 1. The molecule has 1 aliphatic rings. The van der Waals surface area contributed by atoms with Gasteiger partial charge in [-0.25, -0.2) is 14.2 Å². The number of nitrogens with zero attached hydrogens (tertiary/aromatic N) is 3. The lowest BCUT2D eigenvalue weighted by Crippen LogP contribution is -2.53. The van der Waals surface area contributed by atoms with Gasteiger partial charge in [0.1, 0.15) is 11.4 Å². The summed E-state index contributed by atoms with van der Waals surface area (Å²) in [5, 5.41) is 14.3. The highest BCUT2D eigenvalue weighted by Crippen LogP contribution is 2.28. The summed E-state index contributed by atoms with van der Waals surface area (Å²) >= 11 is 0. The van der Waals surface area contributed by atoms with Gasteiger partial charge in [-0.3, -0.25) is 9.48 Å². The lowest BCUT2D eigenvalue weighted by molar-refractivity contribution is 0.0317. The number of pyridine rings is 1. The van der Waals surface area contributed by atoms with Crippen molar-refractivity contribution in [2.75, 3.05) is 23.8 Å². The predicted molar refractivity (Wildman–Crippen MR) is 137 cm³/mol. The molecule has 12 heteroatoms. The van der Waals surface area contributed by atoms with Gasteiger partial charge in [0.2, 0.25) is 0 Å². The summed E-state index contributed by atoms with van der Waals surface area (Å²) in [6.45, 7) is 7.83. The predicted octanol–water partition coefficient (Wildman–Crippen LogP) is 3.35. The van der Waals surface area contributed by atoms with Gasteiger partial charge in [0.05, 0.1) is 35.5 Å². The Morgan fingerprint density at radius 2 is 1.97 bits per heavy atom. The van der Waals surface area contributed by atoms with E-state index >= 15 is 4.39 Å². The van der Waals surface area contributed by atoms with Crippen LogP contribution in [0.4, 0.5) is 26.5 Å². The number of alkyl carbamates (subject to hydrolysis) is 1. The van der Waals surface area contributed by atoms with Crippen molar-refractivity contribution < 1.29 is 23.5 Å². The molecule has 198 valence electrons. The third kappa shape index (κ3) is 6.08. The first-order valence-electron chi connectivity index (χ1n) is 12.0. The molecule has 1 saturated heterocycles. The number of anilines is 3. The summed E-state index contributed by atoms with van der Waals surface area (Å²) in [6, 6.07) is 5.73. The number of rotatable bonds is 6. The Labute approximate surface area is 213 Å². The van der Waals surface area contributed by atoms with Crippen molar-refractivity contribution in [2.45, 2.75) is 51.8 Å². The molecular weight excluding hydrogens is 481 g/mol. The van der Waals surface area contributed by atoms with Crippen LogP contribution in [0.25, 0.3) is 10.9 Å². The Bertz CT molecular complexity index is 1330. The van der Waals surface area contributed by atoms with E-state index in [1.807, 2.05) is 32.2 Å². The van der Waals surface area contributed by atoms with Gasteiger partial charge in [-0.2, -0.15) is 5.10 Å². The maximum atomic E-state index is 15.0. The molecule has 0 radical (unpaired) electrons. The average Bonchev–Trinajstić information content (AvgIpc) is 3.08. The van der Waals surface area contributed by atoms with Crippen LogP contribution in [0.1, 0.15) is 43.2 Å². The topological polar surface area (TPSA) is 145 Å². The Morgan fingerprint density at radius 1 is 1.22 bits per heavy atom. The van der Waals surface area contributed by atoms with Crippen LogP contribution in [0.5, 0.6) is 0 Å². The van der Waals surface area contributed by atoms with Crippen molar-refractivity contribution in [2.24, 2.45) is 12.8 Å². The number of aryl methyl sites for hydroxylation is 2. The van der Waals surface area contributed by atoms with Crippen LogP contribution in [0, 0.1) is 12.7 Å². The van der Waals surface area contributed by atoms with Crippen LogP contribution in [0.15, 0.2) is 24.3 Å². The van der Waals surface area contributed by atoms with Crippen LogP contribution in [-0.4, -0.2) is 57.7 Å². The number of hydrogen-bond acceptors (Lipinski definition) is 8. The van der Waals surface area contributed by atoms with E-state index in [9.17, 15) is 9.59 Å². The lowest BCUT2D eigenvalue weighted by Gasteiger charge is -2.33. The molecule has 3 heterocycles. The Morgan fingerprint density at radius 3 is 2.68 bits per heavy atom. The Hall–Kier alpha value is -3.93. The molecule has 11 nitrogen and oxygen atoms in total. The molecule has 1 aromatic carbocycles. The highest BCUT2D eigenvalue weighted by Gasteiger charge is 2.30. The SMILES string of the molecule is Cc1nn(C)c2ccc(Nc3nc(N[C@@H]4CCOC[C@@H]4NC(=O)OC(C)(C)C)c(F)cc3C(N)=O)cc12. The fourth-order valence-electron chi connectivity index (χ4n) is 4.22. The van der Waals surface area contributed by atoms with E-state index in [1.165, 1.54) is 0 Å². The van der Waals surface area contributed by atoms with Crippen LogP contribution < -0.4 is 21.7 Å². The first-order chi connectivity index (χ1) is 17.4. The van der Waals surface area contributed by atoms with Gasteiger partial charge in [0.25, 0.3) is 5.91 Å². The largest absolute Gasteiger partial charge is 0.444 e. The van der Waals surface area contributed by atoms with Gasteiger partial charge in [0.15, 0.2) is 11.6 Å².